The monoisotopic (exact) mass is 607 g/mol. The molecule has 0 saturated heterocycles. The molecular weight excluding hydrogens is 570 g/mol. The van der Waals surface area contributed by atoms with Crippen molar-refractivity contribution in [2.45, 2.75) is 32.9 Å². The Labute approximate surface area is 251 Å². The van der Waals surface area contributed by atoms with Crippen LogP contribution in [-0.4, -0.2) is 72.8 Å². The first kappa shape index (κ1) is 31.3. The Hall–Kier alpha value is -4.65. The maximum absolute atomic E-state index is 13.2. The molecule has 0 aliphatic rings. The van der Waals surface area contributed by atoms with Crippen molar-refractivity contribution in [2.75, 3.05) is 38.0 Å². The second-order valence-corrected chi connectivity index (χ2v) is 13.7. The minimum atomic E-state index is -2.38. The van der Waals surface area contributed by atoms with E-state index in [9.17, 15) is 13.8 Å². The highest BCUT2D eigenvalue weighted by Gasteiger charge is 2.20. The summed E-state index contributed by atoms with van der Waals surface area (Å²) < 4.78 is 30.9. The maximum atomic E-state index is 13.2. The number of allylic oxidation sites excluding steroid dienone is 1. The van der Waals surface area contributed by atoms with Gasteiger partial charge in [0.2, 0.25) is 5.95 Å². The lowest BCUT2D eigenvalue weighted by atomic mass is 10.2. The first-order chi connectivity index (χ1) is 20.2. The minimum Gasteiger partial charge on any atom is -0.492 e. The van der Waals surface area contributed by atoms with E-state index in [4.69, 9.17) is 9.47 Å². The van der Waals surface area contributed by atoms with Gasteiger partial charge in [-0.25, -0.2) is 23.4 Å². The largest absolute Gasteiger partial charge is 0.492 e. The maximum Gasteiger partial charge on any atom is 0.410 e. The molecule has 12 nitrogen and oxygen atoms in total. The topological polar surface area (TPSA) is 133 Å². The standard InChI is InChI=1S/C30H37N7O5S/c1-8-16-36-27(38)25-20-31-28(33-26(25)37(36)23-11-9-10-22(19-23)34-43(6,7)40)32-21-12-14-24(15-13-21)41-18-17-35(5)29(39)42-30(2,3)4/h8-15,19-20H,1,16-18H2,2-7H3,(H,31,32,33). The summed E-state index contributed by atoms with van der Waals surface area (Å²) in [5.74, 6) is 0.916. The fourth-order valence-electron chi connectivity index (χ4n) is 4.07. The van der Waals surface area contributed by atoms with Crippen molar-refractivity contribution in [1.29, 1.82) is 0 Å². The molecule has 0 aliphatic carbocycles. The van der Waals surface area contributed by atoms with Crippen molar-refractivity contribution >= 4 is 44.2 Å². The Morgan fingerprint density at radius 3 is 2.56 bits per heavy atom. The molecule has 2 heterocycles. The molecule has 0 saturated carbocycles. The molecule has 4 aromatic rings. The van der Waals surface area contributed by atoms with Crippen LogP contribution >= 0.6 is 0 Å². The van der Waals surface area contributed by atoms with Crippen LogP contribution in [0.1, 0.15) is 20.8 Å². The van der Waals surface area contributed by atoms with Crippen molar-refractivity contribution in [3.8, 4) is 11.4 Å². The molecule has 1 amide bonds. The Bertz CT molecular complexity index is 1810. The van der Waals surface area contributed by atoms with Gasteiger partial charge in [-0.1, -0.05) is 12.1 Å². The zero-order valence-corrected chi connectivity index (χ0v) is 26.1. The van der Waals surface area contributed by atoms with Crippen LogP contribution in [0.5, 0.6) is 5.75 Å². The summed E-state index contributed by atoms with van der Waals surface area (Å²) in [5, 5.41) is 3.51. The first-order valence-corrected chi connectivity index (χ1v) is 15.9. The Kier molecular flexibility index (Phi) is 9.24. The van der Waals surface area contributed by atoms with Crippen LogP contribution in [0.3, 0.4) is 0 Å². The van der Waals surface area contributed by atoms with Gasteiger partial charge in [0.1, 0.15) is 23.3 Å². The number of fused-ring (bicyclic) bond motifs is 1. The van der Waals surface area contributed by atoms with Crippen molar-refractivity contribution in [1.82, 2.24) is 24.2 Å². The molecular formula is C30H37N7O5S. The Balaban J connectivity index is 1.54. The zero-order chi connectivity index (χ0) is 31.4. The van der Waals surface area contributed by atoms with Gasteiger partial charge in [0, 0.05) is 41.2 Å². The average molecular weight is 608 g/mol. The Morgan fingerprint density at radius 2 is 1.91 bits per heavy atom. The van der Waals surface area contributed by atoms with E-state index in [1.54, 1.807) is 60.6 Å². The molecule has 2 aromatic heterocycles. The summed E-state index contributed by atoms with van der Waals surface area (Å²) in [5.41, 5.74) is 1.43. The van der Waals surface area contributed by atoms with E-state index < -0.39 is 21.4 Å². The number of hydrogen-bond donors (Lipinski definition) is 1. The van der Waals surface area contributed by atoms with Gasteiger partial charge in [-0.05, 0) is 63.2 Å². The van der Waals surface area contributed by atoms with Crippen LogP contribution in [0, 0.1) is 0 Å². The number of carbonyl (C=O) groups excluding carboxylic acids is 1. The number of ether oxygens (including phenoxy) is 2. The molecule has 0 fully saturated rings. The molecule has 2 aromatic carbocycles. The molecule has 0 radical (unpaired) electrons. The first-order valence-electron chi connectivity index (χ1n) is 13.5. The molecule has 1 N–H and O–H groups in total. The van der Waals surface area contributed by atoms with Crippen molar-refractivity contribution in [3.05, 3.63) is 77.7 Å². The third-order valence-electron chi connectivity index (χ3n) is 5.89. The molecule has 0 unspecified atom stereocenters. The van der Waals surface area contributed by atoms with Gasteiger partial charge in [-0.2, -0.15) is 9.35 Å². The number of nitrogens with one attached hydrogen (secondary N) is 1. The molecule has 0 aliphatic heterocycles. The minimum absolute atomic E-state index is 0.243. The third kappa shape index (κ3) is 8.22. The highest BCUT2D eigenvalue weighted by atomic mass is 32.2. The van der Waals surface area contributed by atoms with Gasteiger partial charge in [-0.15, -0.1) is 6.58 Å². The molecule has 0 atom stereocenters. The average Bonchev–Trinajstić information content (AvgIpc) is 3.18. The van der Waals surface area contributed by atoms with Gasteiger partial charge in [-0.3, -0.25) is 4.79 Å². The SMILES string of the molecule is C=CCn1c(=O)c2cnc(Nc3ccc(OCCN(C)C(=O)OC(C)(C)C)cc3)nc2n1-c1cccc(N=S(C)(C)=O)c1. The van der Waals surface area contributed by atoms with Crippen LogP contribution in [0.25, 0.3) is 16.7 Å². The second kappa shape index (κ2) is 12.7. The van der Waals surface area contributed by atoms with Crippen molar-refractivity contribution in [3.63, 3.8) is 0 Å². The lowest BCUT2D eigenvalue weighted by Gasteiger charge is -2.24. The van der Waals surface area contributed by atoms with E-state index in [0.717, 1.165) is 0 Å². The summed E-state index contributed by atoms with van der Waals surface area (Å²) in [7, 11) is -0.722. The number of anilines is 2. The number of rotatable bonds is 10. The van der Waals surface area contributed by atoms with E-state index in [1.807, 2.05) is 39.0 Å². The fraction of sp³-hybridized carbons (Fsp3) is 0.333. The molecule has 0 spiro atoms. The summed E-state index contributed by atoms with van der Waals surface area (Å²) in [6, 6.07) is 14.3. The molecule has 0 bridgehead atoms. The van der Waals surface area contributed by atoms with Gasteiger partial charge in [0.25, 0.3) is 5.56 Å². The summed E-state index contributed by atoms with van der Waals surface area (Å²) in [6.07, 6.45) is 5.83. The predicted molar refractivity (Wildman–Crippen MR) is 169 cm³/mol. The van der Waals surface area contributed by atoms with Crippen LogP contribution in [0.15, 0.2) is 76.5 Å². The lowest BCUT2D eigenvalue weighted by Crippen LogP contribution is -2.36. The quantitative estimate of drug-likeness (QED) is 0.246. The van der Waals surface area contributed by atoms with Gasteiger partial charge in [0.15, 0.2) is 5.65 Å². The van der Waals surface area contributed by atoms with E-state index in [1.165, 1.54) is 15.8 Å². The van der Waals surface area contributed by atoms with Crippen molar-refractivity contribution < 1.29 is 18.5 Å². The molecule has 228 valence electrons. The van der Waals surface area contributed by atoms with Crippen LogP contribution < -0.4 is 15.6 Å². The van der Waals surface area contributed by atoms with Crippen LogP contribution in [-0.2, 0) is 21.0 Å². The predicted octanol–water partition coefficient (Wildman–Crippen LogP) is 5.12. The number of hydrogen-bond acceptors (Lipinski definition) is 9. The summed E-state index contributed by atoms with van der Waals surface area (Å²) >= 11 is 0. The van der Waals surface area contributed by atoms with Gasteiger partial charge >= 0.3 is 6.09 Å². The number of aromatic nitrogens is 4. The smallest absolute Gasteiger partial charge is 0.410 e. The number of amides is 1. The summed E-state index contributed by atoms with van der Waals surface area (Å²) in [6.45, 7) is 10.1. The number of benzene rings is 2. The summed E-state index contributed by atoms with van der Waals surface area (Å²) in [4.78, 5) is 35.8. The highest BCUT2D eigenvalue weighted by Crippen LogP contribution is 2.24. The normalized spacial score (nSPS) is 11.7. The zero-order valence-electron chi connectivity index (χ0n) is 25.2. The van der Waals surface area contributed by atoms with E-state index in [0.29, 0.717) is 47.0 Å². The Morgan fingerprint density at radius 1 is 1.19 bits per heavy atom. The fourth-order valence-corrected chi connectivity index (χ4v) is 4.69. The molecule has 13 heteroatoms. The second-order valence-electron chi connectivity index (χ2n) is 11.1. The highest BCUT2D eigenvalue weighted by molar-refractivity contribution is 7.92. The van der Waals surface area contributed by atoms with Crippen LogP contribution in [0.4, 0.5) is 22.1 Å². The number of likely N-dealkylation sites (N-methyl/N-ethyl adjacent to an activating group) is 1. The number of carbonyl (C=O) groups is 1. The van der Waals surface area contributed by atoms with E-state index in [-0.39, 0.29) is 18.1 Å². The van der Waals surface area contributed by atoms with Crippen molar-refractivity contribution in [2.24, 2.45) is 4.36 Å². The van der Waals surface area contributed by atoms with Gasteiger partial charge < -0.3 is 19.7 Å². The number of nitrogens with zero attached hydrogens (tertiary/aromatic N) is 6. The molecule has 4 rings (SSSR count). The molecule has 43 heavy (non-hydrogen) atoms. The third-order valence-corrected chi connectivity index (χ3v) is 6.54. The van der Waals surface area contributed by atoms with Gasteiger partial charge in [0.05, 0.1) is 24.5 Å². The lowest BCUT2D eigenvalue weighted by molar-refractivity contribution is 0.0278. The van der Waals surface area contributed by atoms with E-state index >= 15 is 0 Å². The van der Waals surface area contributed by atoms with E-state index in [2.05, 4.69) is 26.2 Å². The van der Waals surface area contributed by atoms with Crippen LogP contribution in [0.2, 0.25) is 0 Å².